The fourth-order valence-corrected chi connectivity index (χ4v) is 9.47. The third-order valence-corrected chi connectivity index (χ3v) is 13.2. The van der Waals surface area contributed by atoms with Crippen LogP contribution in [0.2, 0.25) is 0 Å². The molecule has 4 heteroatoms. The van der Waals surface area contributed by atoms with E-state index in [4.69, 9.17) is 0 Å². The Kier molecular flexibility index (Phi) is 11.7. The van der Waals surface area contributed by atoms with Crippen molar-refractivity contribution in [2.24, 2.45) is 0 Å². The van der Waals surface area contributed by atoms with Gasteiger partial charge in [-0.2, -0.15) is 0 Å². The van der Waals surface area contributed by atoms with Gasteiger partial charge in [-0.25, -0.2) is 0 Å². The minimum atomic E-state index is 0.0318. The van der Waals surface area contributed by atoms with Gasteiger partial charge in [-0.15, -0.1) is 11.3 Å². The molecule has 7 aromatic carbocycles. The van der Waals surface area contributed by atoms with Crippen LogP contribution in [-0.2, 0) is 16.2 Å². The number of aryl methyl sites for hydroxylation is 3. The van der Waals surface area contributed by atoms with E-state index in [1.54, 1.807) is 11.3 Å². The van der Waals surface area contributed by atoms with Gasteiger partial charge >= 0.3 is 0 Å². The second-order valence-corrected chi connectivity index (χ2v) is 21.2. The van der Waals surface area contributed by atoms with Gasteiger partial charge in [0.05, 0.1) is 5.69 Å². The lowest BCUT2D eigenvalue weighted by Gasteiger charge is -2.31. The van der Waals surface area contributed by atoms with Gasteiger partial charge in [0.15, 0.2) is 0 Å². The summed E-state index contributed by atoms with van der Waals surface area (Å²) in [5, 5.41) is 3.55. The van der Waals surface area contributed by atoms with Gasteiger partial charge in [-0.1, -0.05) is 135 Å². The molecular formula is C59H63N3S. The second-order valence-electron chi connectivity index (χ2n) is 20.3. The number of hydrogen-bond donors (Lipinski definition) is 0. The van der Waals surface area contributed by atoms with Crippen molar-refractivity contribution in [3.63, 3.8) is 0 Å². The number of rotatable bonds is 9. The highest BCUT2D eigenvalue weighted by atomic mass is 32.1. The standard InChI is InChI=1S/C59H63N3S/c1-40-35-50(60(46-27-21-43(22-28-46)57(4,5)6)47-29-23-44(24-30-47)58(7,8)9)37-51(36-40)61(48-31-25-45(26-32-48)59(10,11)12)55-39-63-56-34-33-49(38-52(55)56)62(53-19-15-13-17-41(53)2)54-20-16-14-18-42(54)3/h13-39H,1-12H3. The molecule has 8 aromatic rings. The van der Waals surface area contributed by atoms with Crippen molar-refractivity contribution >= 4 is 72.6 Å². The van der Waals surface area contributed by atoms with E-state index in [9.17, 15) is 0 Å². The maximum atomic E-state index is 2.47. The molecule has 0 spiro atoms. The zero-order valence-electron chi connectivity index (χ0n) is 39.3. The molecule has 0 atom stereocenters. The van der Waals surface area contributed by atoms with E-state index in [-0.39, 0.29) is 16.2 Å². The maximum Gasteiger partial charge on any atom is 0.0648 e. The monoisotopic (exact) mass is 845 g/mol. The summed E-state index contributed by atoms with van der Waals surface area (Å²) in [6.45, 7) is 27.2. The van der Waals surface area contributed by atoms with Gasteiger partial charge < -0.3 is 14.7 Å². The largest absolute Gasteiger partial charge is 0.310 e. The van der Waals surface area contributed by atoms with Gasteiger partial charge in [0, 0.05) is 61.0 Å². The molecule has 0 aliphatic heterocycles. The topological polar surface area (TPSA) is 9.72 Å². The number of thiophene rings is 1. The Morgan fingerprint density at radius 3 is 1.17 bits per heavy atom. The summed E-state index contributed by atoms with van der Waals surface area (Å²) >= 11 is 1.80. The predicted molar refractivity (Wildman–Crippen MR) is 276 cm³/mol. The van der Waals surface area contributed by atoms with Crippen LogP contribution in [0, 0.1) is 20.8 Å². The average molecular weight is 846 g/mol. The number of nitrogens with zero attached hydrogens (tertiary/aromatic N) is 3. The molecule has 1 heterocycles. The quantitative estimate of drug-likeness (QED) is 0.143. The Morgan fingerprint density at radius 1 is 0.349 bits per heavy atom. The lowest BCUT2D eigenvalue weighted by Crippen LogP contribution is -2.16. The summed E-state index contributed by atoms with van der Waals surface area (Å²) in [7, 11) is 0. The first-order valence-corrected chi connectivity index (χ1v) is 23.2. The highest BCUT2D eigenvalue weighted by Gasteiger charge is 2.25. The van der Waals surface area contributed by atoms with Crippen LogP contribution in [0.15, 0.2) is 163 Å². The molecule has 0 saturated heterocycles. The van der Waals surface area contributed by atoms with Crippen LogP contribution in [-0.4, -0.2) is 0 Å². The molecule has 0 fully saturated rings. The molecule has 0 aliphatic rings. The first-order valence-electron chi connectivity index (χ1n) is 22.3. The number of para-hydroxylation sites is 2. The molecule has 63 heavy (non-hydrogen) atoms. The van der Waals surface area contributed by atoms with E-state index in [0.29, 0.717) is 0 Å². The fourth-order valence-electron chi connectivity index (χ4n) is 8.56. The first kappa shape index (κ1) is 43.5. The SMILES string of the molecule is Cc1cc(N(c2ccc(C(C)(C)C)cc2)c2ccc(C(C)(C)C)cc2)cc(N(c2ccc(C(C)(C)C)cc2)c2csc3ccc(N(c4ccccc4C)c4ccccc4C)cc23)c1. The van der Waals surface area contributed by atoms with Crippen LogP contribution in [0.1, 0.15) is 95.7 Å². The average Bonchev–Trinajstić information content (AvgIpc) is 3.65. The fraction of sp³-hybridized carbons (Fsp3) is 0.254. The van der Waals surface area contributed by atoms with Crippen LogP contribution in [0.3, 0.4) is 0 Å². The van der Waals surface area contributed by atoms with Crippen molar-refractivity contribution in [2.45, 2.75) is 99.3 Å². The molecule has 0 bridgehead atoms. The zero-order chi connectivity index (χ0) is 44.8. The minimum absolute atomic E-state index is 0.0318. The molecule has 0 saturated carbocycles. The van der Waals surface area contributed by atoms with Gasteiger partial charge in [0.1, 0.15) is 0 Å². The van der Waals surface area contributed by atoms with Crippen molar-refractivity contribution in [1.29, 1.82) is 0 Å². The summed E-state index contributed by atoms with van der Waals surface area (Å²) in [5.74, 6) is 0. The molecule has 0 N–H and O–H groups in total. The first-order chi connectivity index (χ1) is 29.9. The molecule has 320 valence electrons. The minimum Gasteiger partial charge on any atom is -0.310 e. The van der Waals surface area contributed by atoms with E-state index in [1.807, 2.05) is 0 Å². The van der Waals surface area contributed by atoms with E-state index in [1.165, 1.54) is 54.8 Å². The third kappa shape index (κ3) is 9.06. The molecule has 8 rings (SSSR count). The van der Waals surface area contributed by atoms with Crippen LogP contribution >= 0.6 is 11.3 Å². The van der Waals surface area contributed by atoms with E-state index >= 15 is 0 Å². The van der Waals surface area contributed by atoms with Crippen molar-refractivity contribution < 1.29 is 0 Å². The Morgan fingerprint density at radius 2 is 0.746 bits per heavy atom. The van der Waals surface area contributed by atoms with E-state index in [0.717, 1.165) is 39.8 Å². The Hall–Kier alpha value is -6.10. The lowest BCUT2D eigenvalue weighted by molar-refractivity contribution is 0.590. The van der Waals surface area contributed by atoms with Crippen molar-refractivity contribution in [3.8, 4) is 0 Å². The normalized spacial score (nSPS) is 12.1. The third-order valence-electron chi connectivity index (χ3n) is 12.3. The van der Waals surface area contributed by atoms with Gasteiger partial charge in [0.25, 0.3) is 0 Å². The summed E-state index contributed by atoms with van der Waals surface area (Å²) in [6, 6.07) is 58.9. The molecule has 1 aromatic heterocycles. The number of fused-ring (bicyclic) bond motifs is 1. The second kappa shape index (κ2) is 16.9. The Labute approximate surface area is 381 Å². The van der Waals surface area contributed by atoms with Gasteiger partial charge in [-0.05, 0) is 155 Å². The zero-order valence-corrected chi connectivity index (χ0v) is 40.2. The smallest absolute Gasteiger partial charge is 0.0648 e. The van der Waals surface area contributed by atoms with Gasteiger partial charge in [-0.3, -0.25) is 0 Å². The molecular weight excluding hydrogens is 783 g/mol. The highest BCUT2D eigenvalue weighted by molar-refractivity contribution is 7.17. The summed E-state index contributed by atoms with van der Waals surface area (Å²) < 4.78 is 1.24. The van der Waals surface area contributed by atoms with Gasteiger partial charge in [0.2, 0.25) is 0 Å². The summed E-state index contributed by atoms with van der Waals surface area (Å²) in [4.78, 5) is 7.32. The Balaban J connectivity index is 1.34. The lowest BCUT2D eigenvalue weighted by atomic mass is 9.86. The predicted octanol–water partition coefficient (Wildman–Crippen LogP) is 18.1. The summed E-state index contributed by atoms with van der Waals surface area (Å²) in [6.07, 6.45) is 0. The highest BCUT2D eigenvalue weighted by Crippen LogP contribution is 2.48. The summed E-state index contributed by atoms with van der Waals surface area (Å²) in [5.41, 5.74) is 17.9. The molecule has 0 unspecified atom stereocenters. The van der Waals surface area contributed by atoms with E-state index in [2.05, 4.69) is 261 Å². The van der Waals surface area contributed by atoms with Crippen LogP contribution in [0.25, 0.3) is 10.1 Å². The molecule has 3 nitrogen and oxygen atoms in total. The maximum absolute atomic E-state index is 2.47. The number of hydrogen-bond acceptors (Lipinski definition) is 4. The molecule has 0 amide bonds. The van der Waals surface area contributed by atoms with Crippen LogP contribution < -0.4 is 14.7 Å². The Bertz CT molecular complexity index is 2760. The van der Waals surface area contributed by atoms with Crippen molar-refractivity contribution in [1.82, 2.24) is 0 Å². The van der Waals surface area contributed by atoms with Crippen LogP contribution in [0.5, 0.6) is 0 Å². The molecule has 0 radical (unpaired) electrons. The molecule has 0 aliphatic carbocycles. The van der Waals surface area contributed by atoms with Crippen LogP contribution in [0.4, 0.5) is 51.2 Å². The van der Waals surface area contributed by atoms with Crippen molar-refractivity contribution in [3.05, 3.63) is 196 Å². The van der Waals surface area contributed by atoms with E-state index < -0.39 is 0 Å². The number of benzene rings is 7. The number of anilines is 9. The van der Waals surface area contributed by atoms with Crippen molar-refractivity contribution in [2.75, 3.05) is 14.7 Å².